The molecule has 1 aliphatic heterocycles. The number of hydrogen-bond donors (Lipinski definition) is 0. The highest BCUT2D eigenvalue weighted by Gasteiger charge is 2.29. The van der Waals surface area contributed by atoms with Gasteiger partial charge in [-0.25, -0.2) is 4.79 Å². The molecule has 68 valence electrons. The van der Waals surface area contributed by atoms with E-state index in [0.717, 1.165) is 16.7 Å². The Hall–Kier alpha value is -1.83. The summed E-state index contributed by atoms with van der Waals surface area (Å²) >= 11 is 0. The van der Waals surface area contributed by atoms with Gasteiger partial charge in [0, 0.05) is 17.2 Å². The van der Waals surface area contributed by atoms with Gasteiger partial charge in [0.2, 0.25) is 0 Å². The van der Waals surface area contributed by atoms with E-state index in [0.29, 0.717) is 0 Å². The minimum absolute atomic E-state index is 0.177. The first-order valence-corrected chi connectivity index (χ1v) is 4.54. The molecule has 2 heteroatoms. The van der Waals surface area contributed by atoms with Crippen LogP contribution in [0.2, 0.25) is 0 Å². The summed E-state index contributed by atoms with van der Waals surface area (Å²) in [5.41, 5.74) is 3.16. The average molecular weight is 184 g/mol. The monoisotopic (exact) mass is 184 g/mol. The molecule has 0 spiro atoms. The Labute approximate surface area is 81.5 Å². The van der Waals surface area contributed by atoms with Gasteiger partial charge in [0.15, 0.2) is 6.10 Å². The Bertz CT molecular complexity index is 469. The molecule has 0 saturated heterocycles. The molecule has 0 radical (unpaired) electrons. The second kappa shape index (κ2) is 2.58. The van der Waals surface area contributed by atoms with E-state index in [2.05, 4.69) is 0 Å². The van der Waals surface area contributed by atoms with Crippen molar-refractivity contribution in [3.8, 4) is 0 Å². The maximum atomic E-state index is 11.1. The second-order valence-corrected chi connectivity index (χ2v) is 3.42. The minimum Gasteiger partial charge on any atom is -0.449 e. The molecule has 1 heterocycles. The summed E-state index contributed by atoms with van der Waals surface area (Å²) in [6.07, 6.45) is 5.33. The zero-order chi connectivity index (χ0) is 9.54. The van der Waals surface area contributed by atoms with Crippen molar-refractivity contribution >= 4 is 12.0 Å². The van der Waals surface area contributed by atoms with Crippen molar-refractivity contribution in [1.82, 2.24) is 0 Å². The van der Waals surface area contributed by atoms with Crippen molar-refractivity contribution < 1.29 is 9.53 Å². The third-order valence-corrected chi connectivity index (χ3v) is 2.56. The number of ether oxygens (including phenoxy) is 1. The Kier molecular flexibility index (Phi) is 1.39. The highest BCUT2D eigenvalue weighted by Crippen LogP contribution is 2.37. The van der Waals surface area contributed by atoms with Crippen LogP contribution >= 0.6 is 0 Å². The van der Waals surface area contributed by atoms with Gasteiger partial charge in [0.25, 0.3) is 0 Å². The Balaban J connectivity index is 2.19. The van der Waals surface area contributed by atoms with Gasteiger partial charge in [-0.2, -0.15) is 0 Å². The highest BCUT2D eigenvalue weighted by atomic mass is 16.5. The zero-order valence-electron chi connectivity index (χ0n) is 7.44. The molecule has 0 aromatic heterocycles. The van der Waals surface area contributed by atoms with E-state index >= 15 is 0 Å². The Morgan fingerprint density at radius 2 is 2.00 bits per heavy atom. The number of carbonyl (C=O) groups excluding carboxylic acids is 1. The number of hydrogen-bond acceptors (Lipinski definition) is 2. The van der Waals surface area contributed by atoms with E-state index in [1.165, 1.54) is 0 Å². The first-order valence-electron chi connectivity index (χ1n) is 4.54. The highest BCUT2D eigenvalue weighted by molar-refractivity contribution is 5.88. The van der Waals surface area contributed by atoms with E-state index in [1.54, 1.807) is 6.08 Å². The van der Waals surface area contributed by atoms with Crippen molar-refractivity contribution in [1.29, 1.82) is 0 Å². The first kappa shape index (κ1) is 7.56. The first-order chi connectivity index (χ1) is 6.84. The SMILES string of the molecule is O=C1C=C2C=Cc3ccccc3C2O1. The summed E-state index contributed by atoms with van der Waals surface area (Å²) in [5, 5.41) is 0. The minimum atomic E-state index is -0.244. The van der Waals surface area contributed by atoms with Crippen LogP contribution < -0.4 is 0 Å². The van der Waals surface area contributed by atoms with Crippen molar-refractivity contribution in [2.75, 3.05) is 0 Å². The third-order valence-electron chi connectivity index (χ3n) is 2.56. The molecule has 2 aliphatic rings. The summed E-state index contributed by atoms with van der Waals surface area (Å²) in [4.78, 5) is 11.1. The normalized spacial score (nSPS) is 22.4. The summed E-state index contributed by atoms with van der Waals surface area (Å²) in [6.45, 7) is 0. The molecule has 3 rings (SSSR count). The van der Waals surface area contributed by atoms with Crippen molar-refractivity contribution in [3.63, 3.8) is 0 Å². The Morgan fingerprint density at radius 1 is 1.14 bits per heavy atom. The van der Waals surface area contributed by atoms with E-state index in [9.17, 15) is 4.79 Å². The quantitative estimate of drug-likeness (QED) is 0.578. The van der Waals surface area contributed by atoms with Crippen LogP contribution in [0.3, 0.4) is 0 Å². The molecule has 1 aliphatic carbocycles. The van der Waals surface area contributed by atoms with Crippen molar-refractivity contribution in [3.05, 3.63) is 53.1 Å². The maximum absolute atomic E-state index is 11.1. The second-order valence-electron chi connectivity index (χ2n) is 3.42. The molecular formula is C12H8O2. The lowest BCUT2D eigenvalue weighted by atomic mass is 9.92. The van der Waals surface area contributed by atoms with Gasteiger partial charge < -0.3 is 4.74 Å². The van der Waals surface area contributed by atoms with Crippen LogP contribution in [0.5, 0.6) is 0 Å². The molecule has 0 saturated carbocycles. The van der Waals surface area contributed by atoms with E-state index in [-0.39, 0.29) is 12.1 Å². The lowest BCUT2D eigenvalue weighted by Crippen LogP contribution is -2.06. The fourth-order valence-electron chi connectivity index (χ4n) is 1.90. The smallest absolute Gasteiger partial charge is 0.332 e. The summed E-state index contributed by atoms with van der Waals surface area (Å²) in [5.74, 6) is -0.244. The van der Waals surface area contributed by atoms with E-state index in [1.807, 2.05) is 36.4 Å². The van der Waals surface area contributed by atoms with Gasteiger partial charge in [-0.05, 0) is 5.56 Å². The number of fused-ring (bicyclic) bond motifs is 3. The summed E-state index contributed by atoms with van der Waals surface area (Å²) in [6, 6.07) is 7.96. The molecule has 2 nitrogen and oxygen atoms in total. The number of benzene rings is 1. The van der Waals surface area contributed by atoms with Crippen LogP contribution in [0.15, 0.2) is 42.0 Å². The fourth-order valence-corrected chi connectivity index (χ4v) is 1.90. The number of rotatable bonds is 0. The number of carbonyl (C=O) groups is 1. The molecule has 14 heavy (non-hydrogen) atoms. The standard InChI is InChI=1S/C12H8O2/c13-11-7-9-6-5-8-3-1-2-4-10(8)12(9)14-11/h1-7,12H. The molecule has 0 bridgehead atoms. The lowest BCUT2D eigenvalue weighted by molar-refractivity contribution is -0.139. The van der Waals surface area contributed by atoms with Gasteiger partial charge in [0.1, 0.15) is 0 Å². The molecule has 1 atom stereocenters. The number of esters is 1. The van der Waals surface area contributed by atoms with Gasteiger partial charge >= 0.3 is 5.97 Å². The van der Waals surface area contributed by atoms with E-state index in [4.69, 9.17) is 4.74 Å². The largest absolute Gasteiger partial charge is 0.449 e. The molecule has 0 N–H and O–H groups in total. The topological polar surface area (TPSA) is 26.3 Å². The predicted molar refractivity (Wildman–Crippen MR) is 52.4 cm³/mol. The molecular weight excluding hydrogens is 176 g/mol. The molecule has 1 unspecified atom stereocenters. The molecule has 0 fully saturated rings. The predicted octanol–water partition coefficient (Wildman–Crippen LogP) is 2.24. The van der Waals surface area contributed by atoms with Gasteiger partial charge in [-0.3, -0.25) is 0 Å². The van der Waals surface area contributed by atoms with Crippen LogP contribution in [0.4, 0.5) is 0 Å². The Morgan fingerprint density at radius 3 is 2.93 bits per heavy atom. The van der Waals surface area contributed by atoms with E-state index < -0.39 is 0 Å². The third kappa shape index (κ3) is 0.940. The van der Waals surface area contributed by atoms with Crippen LogP contribution in [-0.4, -0.2) is 5.97 Å². The fraction of sp³-hybridized carbons (Fsp3) is 0.0833. The van der Waals surface area contributed by atoms with Gasteiger partial charge in [0.05, 0.1) is 0 Å². The molecule has 1 aromatic carbocycles. The average Bonchev–Trinajstić information content (AvgIpc) is 2.59. The summed E-state index contributed by atoms with van der Waals surface area (Å²) in [7, 11) is 0. The lowest BCUT2D eigenvalue weighted by Gasteiger charge is -2.18. The van der Waals surface area contributed by atoms with Crippen molar-refractivity contribution in [2.24, 2.45) is 0 Å². The molecule has 0 amide bonds. The van der Waals surface area contributed by atoms with Crippen molar-refractivity contribution in [2.45, 2.75) is 6.10 Å². The molecule has 1 aromatic rings. The summed E-state index contributed by atoms with van der Waals surface area (Å²) < 4.78 is 5.21. The van der Waals surface area contributed by atoms with Crippen LogP contribution in [-0.2, 0) is 9.53 Å². The van der Waals surface area contributed by atoms with Crippen LogP contribution in [0.25, 0.3) is 6.08 Å². The van der Waals surface area contributed by atoms with Gasteiger partial charge in [-0.15, -0.1) is 0 Å². The zero-order valence-corrected chi connectivity index (χ0v) is 7.44. The van der Waals surface area contributed by atoms with Gasteiger partial charge in [-0.1, -0.05) is 36.4 Å². The van der Waals surface area contributed by atoms with Crippen LogP contribution in [0, 0.1) is 0 Å². The van der Waals surface area contributed by atoms with Crippen LogP contribution in [0.1, 0.15) is 17.2 Å². The maximum Gasteiger partial charge on any atom is 0.332 e.